The van der Waals surface area contributed by atoms with Gasteiger partial charge in [-0.15, -0.1) is 0 Å². The summed E-state index contributed by atoms with van der Waals surface area (Å²) in [4.78, 5) is 13.1. The molecule has 9 unspecified atom stereocenters. The number of aliphatic hydroxyl groups excluding tert-OH is 7. The van der Waals surface area contributed by atoms with E-state index < -0.39 is 74.2 Å². The minimum Gasteiger partial charge on any atom is -0.394 e. The minimum atomic E-state index is -1.67. The van der Waals surface area contributed by atoms with E-state index in [-0.39, 0.29) is 12.8 Å². The summed E-state index contributed by atoms with van der Waals surface area (Å²) in [6.07, 6.45) is 36.2. The first kappa shape index (κ1) is 58.3. The van der Waals surface area contributed by atoms with Crippen LogP contribution < -0.4 is 5.32 Å². The number of amides is 1. The number of rotatable bonds is 42. The number of hydrogen-bond donors (Lipinski definition) is 8. The van der Waals surface area contributed by atoms with Gasteiger partial charge in [-0.05, 0) is 64.2 Å². The van der Waals surface area contributed by atoms with Gasteiger partial charge in [0.15, 0.2) is 6.29 Å². The third kappa shape index (κ3) is 29.7. The average Bonchev–Trinajstić information content (AvgIpc) is 3.27. The predicted molar refractivity (Wildman–Crippen MR) is 252 cm³/mol. The average molecular weight is 882 g/mol. The highest BCUT2D eigenvalue weighted by Crippen LogP contribution is 2.23. The van der Waals surface area contributed by atoms with Crippen molar-refractivity contribution in [3.05, 3.63) is 36.5 Å². The van der Waals surface area contributed by atoms with Crippen LogP contribution >= 0.6 is 0 Å². The van der Waals surface area contributed by atoms with Gasteiger partial charge in [0.2, 0.25) is 5.91 Å². The number of ether oxygens (including phenoxy) is 2. The third-order valence-corrected chi connectivity index (χ3v) is 12.2. The predicted octanol–water partition coefficient (Wildman–Crippen LogP) is 9.17. The fraction of sp³-hybridized carbons (Fsp3) is 0.863. The fourth-order valence-electron chi connectivity index (χ4n) is 7.94. The maximum atomic E-state index is 13.1. The molecule has 1 aliphatic heterocycles. The van der Waals surface area contributed by atoms with Crippen LogP contribution in [0, 0.1) is 0 Å². The molecule has 0 spiro atoms. The molecule has 8 N–H and O–H groups in total. The first-order chi connectivity index (χ1) is 30.2. The van der Waals surface area contributed by atoms with Gasteiger partial charge in [-0.1, -0.05) is 185 Å². The normalized spacial score (nSPS) is 21.6. The Kier molecular flexibility index (Phi) is 38.4. The standard InChI is InChI=1S/C51H95NO10/c1-3-5-7-9-11-13-15-17-19-21-22-23-25-27-29-31-33-35-37-39-44(55)50(60)52-42(41-61-51-49(59)48(58)47(57)45(40-53)62-51)46(56)43(54)38-36-34-32-30-28-26-24-20-18-16-14-12-10-8-6-4-2/h12,14,20,24,30,32,42-49,51,53-59H,3-11,13,15-19,21-23,25-29,31,33-41H2,1-2H3,(H,52,60)/b14-12+,24-20+,32-30+. The molecule has 0 aromatic rings. The van der Waals surface area contributed by atoms with E-state index in [0.29, 0.717) is 19.3 Å². The van der Waals surface area contributed by atoms with Crippen molar-refractivity contribution in [3.63, 3.8) is 0 Å². The highest BCUT2D eigenvalue weighted by Gasteiger charge is 2.44. The molecular formula is C51H95NO10. The second-order valence-electron chi connectivity index (χ2n) is 17.9. The highest BCUT2D eigenvalue weighted by molar-refractivity contribution is 5.80. The Bertz CT molecular complexity index is 1100. The number of carbonyl (C=O) groups excluding carboxylic acids is 1. The van der Waals surface area contributed by atoms with Crippen molar-refractivity contribution in [3.8, 4) is 0 Å². The van der Waals surface area contributed by atoms with Crippen LogP contribution in [-0.4, -0.2) is 110 Å². The van der Waals surface area contributed by atoms with E-state index in [2.05, 4.69) is 55.6 Å². The number of hydrogen-bond acceptors (Lipinski definition) is 10. The molecule has 1 saturated heterocycles. The SMILES string of the molecule is CCCCC/C=C/CC/C=C/CC/C=C/CCCC(O)C(O)C(COC1OC(CO)C(O)C(O)C1O)NC(=O)C(O)CCCCCCCCCCCCCCCCCCCCC. The lowest BCUT2D eigenvalue weighted by Gasteiger charge is -2.40. The Morgan fingerprint density at radius 2 is 0.968 bits per heavy atom. The first-order valence-electron chi connectivity index (χ1n) is 25.4. The molecule has 9 atom stereocenters. The molecule has 62 heavy (non-hydrogen) atoms. The molecule has 1 amide bonds. The molecule has 0 bridgehead atoms. The van der Waals surface area contributed by atoms with Gasteiger partial charge in [0.05, 0.1) is 25.4 Å². The molecule has 0 aromatic carbocycles. The van der Waals surface area contributed by atoms with Crippen LogP contribution in [0.3, 0.4) is 0 Å². The molecule has 1 fully saturated rings. The van der Waals surface area contributed by atoms with E-state index in [9.17, 15) is 40.5 Å². The topological polar surface area (TPSA) is 189 Å². The van der Waals surface area contributed by atoms with Crippen molar-refractivity contribution >= 4 is 5.91 Å². The molecule has 1 rings (SSSR count). The van der Waals surface area contributed by atoms with Crippen molar-refractivity contribution in [2.24, 2.45) is 0 Å². The van der Waals surface area contributed by atoms with Crippen LogP contribution in [0.25, 0.3) is 0 Å². The molecule has 11 heteroatoms. The van der Waals surface area contributed by atoms with Gasteiger partial charge in [-0.2, -0.15) is 0 Å². The summed E-state index contributed by atoms with van der Waals surface area (Å²) in [5.74, 6) is -0.711. The quantitative estimate of drug-likeness (QED) is 0.0217. The number of nitrogens with one attached hydrogen (secondary N) is 1. The van der Waals surface area contributed by atoms with E-state index in [1.165, 1.54) is 122 Å². The monoisotopic (exact) mass is 882 g/mol. The number of allylic oxidation sites excluding steroid dienone is 6. The maximum Gasteiger partial charge on any atom is 0.249 e. The van der Waals surface area contributed by atoms with Crippen molar-refractivity contribution in [1.29, 1.82) is 0 Å². The molecular weight excluding hydrogens is 787 g/mol. The third-order valence-electron chi connectivity index (χ3n) is 12.2. The summed E-state index contributed by atoms with van der Waals surface area (Å²) in [5.41, 5.74) is 0. The Balaban J connectivity index is 2.42. The Hall–Kier alpha value is -1.67. The van der Waals surface area contributed by atoms with Crippen molar-refractivity contribution in [1.82, 2.24) is 5.32 Å². The van der Waals surface area contributed by atoms with Crippen LogP contribution in [0.15, 0.2) is 36.5 Å². The van der Waals surface area contributed by atoms with Crippen molar-refractivity contribution in [2.75, 3.05) is 13.2 Å². The lowest BCUT2D eigenvalue weighted by molar-refractivity contribution is -0.303. The second kappa shape index (κ2) is 40.8. The van der Waals surface area contributed by atoms with Crippen molar-refractivity contribution in [2.45, 2.75) is 268 Å². The van der Waals surface area contributed by atoms with Gasteiger partial charge in [0.25, 0.3) is 0 Å². The summed E-state index contributed by atoms with van der Waals surface area (Å²) in [7, 11) is 0. The zero-order valence-electron chi connectivity index (χ0n) is 39.4. The van der Waals surface area contributed by atoms with Gasteiger partial charge < -0.3 is 50.5 Å². The first-order valence-corrected chi connectivity index (χ1v) is 25.4. The summed E-state index contributed by atoms with van der Waals surface area (Å²) < 4.78 is 11.1. The number of aliphatic hydroxyl groups is 7. The van der Waals surface area contributed by atoms with Crippen LogP contribution in [-0.2, 0) is 14.3 Å². The van der Waals surface area contributed by atoms with Gasteiger partial charge in [-0.25, -0.2) is 0 Å². The molecule has 0 saturated carbocycles. The van der Waals surface area contributed by atoms with E-state index >= 15 is 0 Å². The van der Waals surface area contributed by atoms with Crippen LogP contribution in [0.4, 0.5) is 0 Å². The summed E-state index contributed by atoms with van der Waals surface area (Å²) >= 11 is 0. The zero-order valence-corrected chi connectivity index (χ0v) is 39.4. The smallest absolute Gasteiger partial charge is 0.249 e. The molecule has 0 radical (unpaired) electrons. The molecule has 0 aliphatic carbocycles. The Morgan fingerprint density at radius 3 is 1.44 bits per heavy atom. The van der Waals surface area contributed by atoms with Gasteiger partial charge in [0.1, 0.15) is 36.6 Å². The van der Waals surface area contributed by atoms with Crippen LogP contribution in [0.2, 0.25) is 0 Å². The molecule has 0 aromatic heterocycles. The minimum absolute atomic E-state index is 0.242. The second-order valence-corrected chi connectivity index (χ2v) is 17.9. The molecule has 364 valence electrons. The lowest BCUT2D eigenvalue weighted by atomic mass is 9.98. The number of unbranched alkanes of at least 4 members (excludes halogenated alkanes) is 24. The Labute approximate surface area is 377 Å². The zero-order chi connectivity index (χ0) is 45.5. The summed E-state index contributed by atoms with van der Waals surface area (Å²) in [6.45, 7) is 3.40. The maximum absolute atomic E-state index is 13.1. The van der Waals surface area contributed by atoms with E-state index in [1.807, 2.05) is 0 Å². The van der Waals surface area contributed by atoms with Crippen LogP contribution in [0.1, 0.15) is 213 Å². The summed E-state index contributed by atoms with van der Waals surface area (Å²) in [5, 5.41) is 75.8. The van der Waals surface area contributed by atoms with Gasteiger partial charge in [-0.3, -0.25) is 4.79 Å². The molecule has 1 aliphatic rings. The van der Waals surface area contributed by atoms with Crippen molar-refractivity contribution < 1.29 is 50.0 Å². The molecule has 1 heterocycles. The van der Waals surface area contributed by atoms with Crippen LogP contribution in [0.5, 0.6) is 0 Å². The van der Waals surface area contributed by atoms with Gasteiger partial charge >= 0.3 is 0 Å². The van der Waals surface area contributed by atoms with E-state index in [4.69, 9.17) is 9.47 Å². The largest absolute Gasteiger partial charge is 0.394 e. The highest BCUT2D eigenvalue weighted by atomic mass is 16.7. The molecule has 11 nitrogen and oxygen atoms in total. The fourth-order valence-corrected chi connectivity index (χ4v) is 7.94. The Morgan fingerprint density at radius 1 is 0.548 bits per heavy atom. The van der Waals surface area contributed by atoms with Gasteiger partial charge in [0, 0.05) is 0 Å². The van der Waals surface area contributed by atoms with E-state index in [1.54, 1.807) is 0 Å². The summed E-state index contributed by atoms with van der Waals surface area (Å²) in [6, 6.07) is -1.19. The number of carbonyl (C=O) groups is 1. The lowest BCUT2D eigenvalue weighted by Crippen LogP contribution is -2.60. The van der Waals surface area contributed by atoms with E-state index in [0.717, 1.165) is 44.9 Å².